The molecule has 1 unspecified atom stereocenters. The van der Waals surface area contributed by atoms with Crippen LogP contribution in [0.15, 0.2) is 0 Å². The van der Waals surface area contributed by atoms with Crippen LogP contribution < -0.4 is 5.73 Å². The molecule has 0 amide bonds. The molecule has 2 heteroatoms. The molecule has 0 aromatic rings. The fourth-order valence-corrected chi connectivity index (χ4v) is 2.86. The molecule has 17 heavy (non-hydrogen) atoms. The van der Waals surface area contributed by atoms with Crippen LogP contribution in [-0.4, -0.2) is 31.6 Å². The summed E-state index contributed by atoms with van der Waals surface area (Å²) in [7, 11) is 2.28. The van der Waals surface area contributed by atoms with E-state index in [-0.39, 0.29) is 0 Å². The summed E-state index contributed by atoms with van der Waals surface area (Å²) in [4.78, 5) is 2.53. The lowest BCUT2D eigenvalue weighted by Gasteiger charge is -2.30. The SMILES string of the molecule is CC(C)C(CCN)CCCN(C)CC1CCC1. The molecule has 0 saturated heterocycles. The van der Waals surface area contributed by atoms with Gasteiger partial charge in [0.05, 0.1) is 0 Å². The van der Waals surface area contributed by atoms with E-state index in [2.05, 4.69) is 25.8 Å². The first kappa shape index (κ1) is 15.0. The van der Waals surface area contributed by atoms with Crippen molar-refractivity contribution in [3.63, 3.8) is 0 Å². The molecule has 1 rings (SSSR count). The Balaban J connectivity index is 2.07. The fourth-order valence-electron chi connectivity index (χ4n) is 2.86. The monoisotopic (exact) mass is 240 g/mol. The van der Waals surface area contributed by atoms with Crippen LogP contribution in [0.3, 0.4) is 0 Å². The minimum absolute atomic E-state index is 0.787. The van der Waals surface area contributed by atoms with Crippen molar-refractivity contribution in [1.29, 1.82) is 0 Å². The van der Waals surface area contributed by atoms with E-state index in [0.717, 1.165) is 24.3 Å². The summed E-state index contributed by atoms with van der Waals surface area (Å²) in [5, 5.41) is 0. The molecule has 1 fully saturated rings. The van der Waals surface area contributed by atoms with E-state index < -0.39 is 0 Å². The molecule has 0 aromatic heterocycles. The molecular weight excluding hydrogens is 208 g/mol. The van der Waals surface area contributed by atoms with Crippen LogP contribution >= 0.6 is 0 Å². The zero-order valence-electron chi connectivity index (χ0n) is 12.1. The molecule has 1 aliphatic rings. The Hall–Kier alpha value is -0.0800. The summed E-state index contributed by atoms with van der Waals surface area (Å²) in [6.45, 7) is 8.10. The third kappa shape index (κ3) is 5.87. The summed E-state index contributed by atoms with van der Waals surface area (Å²) in [6.07, 6.45) is 8.28. The molecule has 102 valence electrons. The predicted octanol–water partition coefficient (Wildman–Crippen LogP) is 3.12. The van der Waals surface area contributed by atoms with Crippen molar-refractivity contribution in [1.82, 2.24) is 4.90 Å². The van der Waals surface area contributed by atoms with Gasteiger partial charge in [-0.2, -0.15) is 0 Å². The van der Waals surface area contributed by atoms with Gasteiger partial charge in [0, 0.05) is 6.54 Å². The second kappa shape index (κ2) is 8.10. The van der Waals surface area contributed by atoms with E-state index in [0.29, 0.717) is 0 Å². The largest absolute Gasteiger partial charge is 0.330 e. The summed E-state index contributed by atoms with van der Waals surface area (Å²) >= 11 is 0. The number of nitrogens with two attached hydrogens (primary N) is 1. The summed E-state index contributed by atoms with van der Waals surface area (Å²) < 4.78 is 0. The first-order valence-electron chi connectivity index (χ1n) is 7.52. The lowest BCUT2D eigenvalue weighted by atomic mass is 9.85. The quantitative estimate of drug-likeness (QED) is 0.671. The molecule has 2 N–H and O–H groups in total. The predicted molar refractivity (Wildman–Crippen MR) is 76.1 cm³/mol. The van der Waals surface area contributed by atoms with Gasteiger partial charge in [0.2, 0.25) is 0 Å². The zero-order valence-corrected chi connectivity index (χ0v) is 12.1. The minimum Gasteiger partial charge on any atom is -0.330 e. The number of hydrogen-bond donors (Lipinski definition) is 1. The molecule has 2 nitrogen and oxygen atoms in total. The molecule has 0 heterocycles. The van der Waals surface area contributed by atoms with Crippen molar-refractivity contribution in [3.8, 4) is 0 Å². The van der Waals surface area contributed by atoms with E-state index in [1.807, 2.05) is 0 Å². The van der Waals surface area contributed by atoms with Crippen molar-refractivity contribution in [2.75, 3.05) is 26.7 Å². The maximum absolute atomic E-state index is 5.68. The van der Waals surface area contributed by atoms with Gasteiger partial charge in [0.15, 0.2) is 0 Å². The molecule has 0 aliphatic heterocycles. The van der Waals surface area contributed by atoms with Crippen LogP contribution in [0.1, 0.15) is 52.4 Å². The normalized spacial score (nSPS) is 18.7. The second-order valence-corrected chi connectivity index (χ2v) is 6.28. The van der Waals surface area contributed by atoms with E-state index in [4.69, 9.17) is 5.73 Å². The molecular formula is C15H32N2. The van der Waals surface area contributed by atoms with Crippen LogP contribution in [-0.2, 0) is 0 Å². The van der Waals surface area contributed by atoms with Crippen LogP contribution in [0.4, 0.5) is 0 Å². The standard InChI is InChI=1S/C15H32N2/c1-13(2)15(9-10-16)8-5-11-17(3)12-14-6-4-7-14/h13-15H,4-12,16H2,1-3H3. The Kier molecular flexibility index (Phi) is 7.14. The van der Waals surface area contributed by atoms with Crippen LogP contribution in [0, 0.1) is 17.8 Å². The van der Waals surface area contributed by atoms with Crippen molar-refractivity contribution in [2.45, 2.75) is 52.4 Å². The molecule has 0 radical (unpaired) electrons. The fraction of sp³-hybridized carbons (Fsp3) is 1.00. The molecule has 1 saturated carbocycles. The second-order valence-electron chi connectivity index (χ2n) is 6.28. The number of nitrogens with zero attached hydrogens (tertiary/aromatic N) is 1. The highest BCUT2D eigenvalue weighted by Crippen LogP contribution is 2.27. The summed E-state index contributed by atoms with van der Waals surface area (Å²) in [5.74, 6) is 2.62. The molecule has 0 bridgehead atoms. The summed E-state index contributed by atoms with van der Waals surface area (Å²) in [5.41, 5.74) is 5.68. The topological polar surface area (TPSA) is 29.3 Å². The average Bonchev–Trinajstić information content (AvgIpc) is 2.22. The van der Waals surface area contributed by atoms with E-state index in [1.54, 1.807) is 0 Å². The van der Waals surface area contributed by atoms with Gasteiger partial charge in [-0.05, 0) is 70.0 Å². The molecule has 1 atom stereocenters. The third-order valence-electron chi connectivity index (χ3n) is 4.39. The molecule has 0 aromatic carbocycles. The van der Waals surface area contributed by atoms with Gasteiger partial charge >= 0.3 is 0 Å². The first-order valence-corrected chi connectivity index (χ1v) is 7.52. The third-order valence-corrected chi connectivity index (χ3v) is 4.39. The lowest BCUT2D eigenvalue weighted by molar-refractivity contribution is 0.197. The Bertz CT molecular complexity index is 187. The van der Waals surface area contributed by atoms with Gasteiger partial charge in [-0.15, -0.1) is 0 Å². The van der Waals surface area contributed by atoms with Gasteiger partial charge < -0.3 is 10.6 Å². The summed E-state index contributed by atoms with van der Waals surface area (Å²) in [6, 6.07) is 0. The van der Waals surface area contributed by atoms with Crippen molar-refractivity contribution >= 4 is 0 Å². The van der Waals surface area contributed by atoms with Crippen molar-refractivity contribution in [3.05, 3.63) is 0 Å². The van der Waals surface area contributed by atoms with Crippen molar-refractivity contribution < 1.29 is 0 Å². The van der Waals surface area contributed by atoms with Gasteiger partial charge in [0.25, 0.3) is 0 Å². The Morgan fingerprint density at radius 3 is 2.41 bits per heavy atom. The van der Waals surface area contributed by atoms with Gasteiger partial charge in [-0.1, -0.05) is 20.3 Å². The maximum Gasteiger partial charge on any atom is 0.000661 e. The van der Waals surface area contributed by atoms with E-state index in [1.165, 1.54) is 51.6 Å². The minimum atomic E-state index is 0.787. The Labute approximate surface area is 108 Å². The van der Waals surface area contributed by atoms with Gasteiger partial charge in [-0.25, -0.2) is 0 Å². The molecule has 0 spiro atoms. The number of hydrogen-bond acceptors (Lipinski definition) is 2. The zero-order chi connectivity index (χ0) is 12.7. The average molecular weight is 240 g/mol. The maximum atomic E-state index is 5.68. The highest BCUT2D eigenvalue weighted by molar-refractivity contribution is 4.73. The van der Waals surface area contributed by atoms with Crippen LogP contribution in [0.5, 0.6) is 0 Å². The smallest absolute Gasteiger partial charge is 0.000661 e. The Morgan fingerprint density at radius 1 is 1.24 bits per heavy atom. The highest BCUT2D eigenvalue weighted by Gasteiger charge is 2.19. The van der Waals surface area contributed by atoms with Gasteiger partial charge in [0.1, 0.15) is 0 Å². The Morgan fingerprint density at radius 2 is 1.94 bits per heavy atom. The van der Waals surface area contributed by atoms with E-state index >= 15 is 0 Å². The highest BCUT2D eigenvalue weighted by atomic mass is 15.1. The van der Waals surface area contributed by atoms with Crippen LogP contribution in [0.25, 0.3) is 0 Å². The number of rotatable bonds is 9. The van der Waals surface area contributed by atoms with E-state index in [9.17, 15) is 0 Å². The van der Waals surface area contributed by atoms with Crippen molar-refractivity contribution in [2.24, 2.45) is 23.5 Å². The first-order chi connectivity index (χ1) is 8.13. The lowest BCUT2D eigenvalue weighted by Crippen LogP contribution is -2.30. The van der Waals surface area contributed by atoms with Gasteiger partial charge in [-0.3, -0.25) is 0 Å². The molecule has 1 aliphatic carbocycles. The van der Waals surface area contributed by atoms with Crippen LogP contribution in [0.2, 0.25) is 0 Å².